The second-order valence-electron chi connectivity index (χ2n) is 6.40. The van der Waals surface area contributed by atoms with Crippen LogP contribution in [-0.2, 0) is 6.54 Å². The molecule has 1 aromatic heterocycles. The zero-order chi connectivity index (χ0) is 20.2. The molecule has 3 aromatic rings. The summed E-state index contributed by atoms with van der Waals surface area (Å²) in [4.78, 5) is 16.7. The lowest BCUT2D eigenvalue weighted by Crippen LogP contribution is -2.23. The molecule has 0 radical (unpaired) electrons. The summed E-state index contributed by atoms with van der Waals surface area (Å²) >= 11 is 1.22. The Morgan fingerprint density at radius 3 is 2.93 bits per heavy atom. The van der Waals surface area contributed by atoms with E-state index in [0.29, 0.717) is 41.0 Å². The molecule has 1 aliphatic rings. The van der Waals surface area contributed by atoms with E-state index in [1.807, 2.05) is 19.1 Å². The molecule has 0 aliphatic carbocycles. The first-order chi connectivity index (χ1) is 14.1. The number of carbonyl (C=O) groups excluding carboxylic acids is 1. The Bertz CT molecular complexity index is 1040. The number of nitrogens with one attached hydrogen (secondary N) is 1. The molecule has 1 aliphatic heterocycles. The Labute approximate surface area is 171 Å². The lowest BCUT2D eigenvalue weighted by Gasteiger charge is -2.06. The van der Waals surface area contributed by atoms with Crippen molar-refractivity contribution in [3.05, 3.63) is 58.9 Å². The molecule has 0 fully saturated rings. The maximum Gasteiger partial charge on any atom is 0.271 e. The van der Waals surface area contributed by atoms with Gasteiger partial charge in [-0.1, -0.05) is 13.0 Å². The van der Waals surface area contributed by atoms with E-state index in [4.69, 9.17) is 14.2 Å². The van der Waals surface area contributed by atoms with E-state index < -0.39 is 5.82 Å². The monoisotopic (exact) mass is 414 g/mol. The highest BCUT2D eigenvalue weighted by Crippen LogP contribution is 2.32. The lowest BCUT2D eigenvalue weighted by atomic mass is 10.2. The minimum atomic E-state index is -0.430. The minimum absolute atomic E-state index is 0.203. The van der Waals surface area contributed by atoms with E-state index in [1.165, 1.54) is 17.4 Å². The summed E-state index contributed by atoms with van der Waals surface area (Å²) in [7, 11) is 0. The molecule has 2 heterocycles. The topological polar surface area (TPSA) is 69.7 Å². The third kappa shape index (κ3) is 4.32. The number of nitrogens with zero attached hydrogens (tertiary/aromatic N) is 1. The van der Waals surface area contributed by atoms with Gasteiger partial charge in [0.05, 0.1) is 6.61 Å². The largest absolute Gasteiger partial charge is 0.494 e. The van der Waals surface area contributed by atoms with E-state index in [-0.39, 0.29) is 18.4 Å². The molecule has 8 heteroatoms. The summed E-state index contributed by atoms with van der Waals surface area (Å²) in [6.45, 7) is 3.04. The SMILES string of the molecule is CCCOc1ccc(-c2nc(C(=O)NCc3ccc4c(c3)OCO4)cs2)c(F)c1. The zero-order valence-corrected chi connectivity index (χ0v) is 16.6. The standard InChI is InChI=1S/C21H19FN2O4S/c1-2-7-26-14-4-5-15(16(22)9-14)21-24-17(11-29-21)20(25)23-10-13-3-6-18-19(8-13)28-12-27-18/h3-6,8-9,11H,2,7,10,12H2,1H3,(H,23,25). The molecule has 0 spiro atoms. The second kappa shape index (κ2) is 8.48. The molecule has 0 bridgehead atoms. The summed E-state index contributed by atoms with van der Waals surface area (Å²) in [5.74, 6) is 1.08. The molecular formula is C21H19FN2O4S. The van der Waals surface area contributed by atoms with Gasteiger partial charge in [0.2, 0.25) is 6.79 Å². The fourth-order valence-corrected chi connectivity index (χ4v) is 3.63. The lowest BCUT2D eigenvalue weighted by molar-refractivity contribution is 0.0946. The van der Waals surface area contributed by atoms with Crippen LogP contribution >= 0.6 is 11.3 Å². The van der Waals surface area contributed by atoms with Crippen molar-refractivity contribution in [1.29, 1.82) is 0 Å². The Hall–Kier alpha value is -3.13. The van der Waals surface area contributed by atoms with E-state index in [1.54, 1.807) is 23.6 Å². The Balaban J connectivity index is 1.41. The van der Waals surface area contributed by atoms with Crippen LogP contribution in [0.3, 0.4) is 0 Å². The molecule has 0 saturated heterocycles. The van der Waals surface area contributed by atoms with Crippen LogP contribution < -0.4 is 19.5 Å². The minimum Gasteiger partial charge on any atom is -0.494 e. The highest BCUT2D eigenvalue weighted by atomic mass is 32.1. The molecular weight excluding hydrogens is 395 g/mol. The van der Waals surface area contributed by atoms with Gasteiger partial charge >= 0.3 is 0 Å². The van der Waals surface area contributed by atoms with Crippen LogP contribution in [0.4, 0.5) is 4.39 Å². The first-order valence-electron chi connectivity index (χ1n) is 9.19. The Kier molecular flexibility index (Phi) is 5.62. The van der Waals surface area contributed by atoms with Crippen LogP contribution in [0.2, 0.25) is 0 Å². The van der Waals surface area contributed by atoms with Crippen molar-refractivity contribution in [3.63, 3.8) is 0 Å². The molecule has 2 aromatic carbocycles. The number of carbonyl (C=O) groups is 1. The quantitative estimate of drug-likeness (QED) is 0.621. The fourth-order valence-electron chi connectivity index (χ4n) is 2.80. The summed E-state index contributed by atoms with van der Waals surface area (Å²) in [6.07, 6.45) is 0.848. The van der Waals surface area contributed by atoms with E-state index in [9.17, 15) is 9.18 Å². The average Bonchev–Trinajstić information content (AvgIpc) is 3.39. The molecule has 1 N–H and O–H groups in total. The first-order valence-corrected chi connectivity index (χ1v) is 10.1. The maximum absolute atomic E-state index is 14.4. The number of thiazole rings is 1. The number of fused-ring (bicyclic) bond motifs is 1. The molecule has 0 atom stereocenters. The van der Waals surface area contributed by atoms with Crippen molar-refractivity contribution < 1.29 is 23.4 Å². The number of ether oxygens (including phenoxy) is 3. The van der Waals surface area contributed by atoms with E-state index in [0.717, 1.165) is 12.0 Å². The third-order valence-corrected chi connectivity index (χ3v) is 5.15. The van der Waals surface area contributed by atoms with E-state index in [2.05, 4.69) is 10.3 Å². The number of benzene rings is 2. The molecule has 4 rings (SSSR count). The number of amides is 1. The number of halogens is 1. The molecule has 6 nitrogen and oxygen atoms in total. The number of hydrogen-bond donors (Lipinski definition) is 1. The Morgan fingerprint density at radius 2 is 2.10 bits per heavy atom. The second-order valence-corrected chi connectivity index (χ2v) is 7.26. The van der Waals surface area contributed by atoms with Crippen LogP contribution in [0.1, 0.15) is 29.4 Å². The highest BCUT2D eigenvalue weighted by molar-refractivity contribution is 7.13. The maximum atomic E-state index is 14.4. The average molecular weight is 414 g/mol. The van der Waals surface area contributed by atoms with Crippen molar-refractivity contribution >= 4 is 17.2 Å². The summed E-state index contributed by atoms with van der Waals surface area (Å²) < 4.78 is 30.5. The summed E-state index contributed by atoms with van der Waals surface area (Å²) in [6, 6.07) is 10.2. The normalized spacial score (nSPS) is 12.1. The number of aromatic nitrogens is 1. The van der Waals surface area contributed by atoms with Crippen molar-refractivity contribution in [2.24, 2.45) is 0 Å². The molecule has 0 saturated carbocycles. The smallest absolute Gasteiger partial charge is 0.271 e. The van der Waals surface area contributed by atoms with Gasteiger partial charge in [0.15, 0.2) is 11.5 Å². The highest BCUT2D eigenvalue weighted by Gasteiger charge is 2.16. The number of hydrogen-bond acceptors (Lipinski definition) is 6. The zero-order valence-electron chi connectivity index (χ0n) is 15.7. The van der Waals surface area contributed by atoms with Crippen LogP contribution in [-0.4, -0.2) is 24.3 Å². The van der Waals surface area contributed by atoms with Crippen LogP contribution in [0.25, 0.3) is 10.6 Å². The van der Waals surface area contributed by atoms with Crippen molar-refractivity contribution in [2.45, 2.75) is 19.9 Å². The van der Waals surface area contributed by atoms with Crippen molar-refractivity contribution in [1.82, 2.24) is 10.3 Å². The third-order valence-electron chi connectivity index (χ3n) is 4.27. The van der Waals surface area contributed by atoms with E-state index >= 15 is 0 Å². The fraction of sp³-hybridized carbons (Fsp3) is 0.238. The van der Waals surface area contributed by atoms with Crippen molar-refractivity contribution in [3.8, 4) is 27.8 Å². The summed E-state index contributed by atoms with van der Waals surface area (Å²) in [5, 5.41) is 4.87. The van der Waals surface area contributed by atoms with Crippen molar-refractivity contribution in [2.75, 3.05) is 13.4 Å². The summed E-state index contributed by atoms with van der Waals surface area (Å²) in [5.41, 5.74) is 1.47. The van der Waals surface area contributed by atoms with Gasteiger partial charge in [-0.2, -0.15) is 0 Å². The first kappa shape index (κ1) is 19.2. The molecule has 1 amide bonds. The van der Waals surface area contributed by atoms with Gasteiger partial charge in [-0.15, -0.1) is 11.3 Å². The van der Waals surface area contributed by atoms with Crippen LogP contribution in [0.5, 0.6) is 17.2 Å². The van der Waals surface area contributed by atoms with Gasteiger partial charge in [-0.05, 0) is 36.2 Å². The van der Waals surface area contributed by atoms with Crippen LogP contribution in [0.15, 0.2) is 41.8 Å². The Morgan fingerprint density at radius 1 is 1.24 bits per heavy atom. The number of rotatable bonds is 7. The van der Waals surface area contributed by atoms with Gasteiger partial charge in [0.1, 0.15) is 22.3 Å². The molecule has 0 unspecified atom stereocenters. The molecule has 29 heavy (non-hydrogen) atoms. The van der Waals surface area contributed by atoms with Gasteiger partial charge in [0, 0.05) is 23.6 Å². The van der Waals surface area contributed by atoms with Gasteiger partial charge in [-0.25, -0.2) is 9.37 Å². The van der Waals surface area contributed by atoms with Gasteiger partial charge < -0.3 is 19.5 Å². The van der Waals surface area contributed by atoms with Gasteiger partial charge in [-0.3, -0.25) is 4.79 Å². The molecule has 150 valence electrons. The predicted molar refractivity (Wildman–Crippen MR) is 107 cm³/mol. The van der Waals surface area contributed by atoms with Crippen LogP contribution in [0, 0.1) is 5.82 Å². The van der Waals surface area contributed by atoms with Gasteiger partial charge in [0.25, 0.3) is 5.91 Å². The predicted octanol–water partition coefficient (Wildman–Crippen LogP) is 4.40.